The predicted octanol–water partition coefficient (Wildman–Crippen LogP) is 6.46. The fraction of sp³-hybridized carbons (Fsp3) is 0.0588. The molecule has 1 aromatic heterocycles. The Kier molecular flexibility index (Phi) is 5.15. The number of halogens is 6. The van der Waals surface area contributed by atoms with Crippen molar-refractivity contribution >= 4 is 39.0 Å². The van der Waals surface area contributed by atoms with E-state index in [0.29, 0.717) is 10.0 Å². The molecular formula is C17H9BrClF4N3. The van der Waals surface area contributed by atoms with Crippen molar-refractivity contribution in [2.75, 3.05) is 5.32 Å². The van der Waals surface area contributed by atoms with E-state index >= 15 is 0 Å². The topological polar surface area (TPSA) is 37.8 Å². The fourth-order valence-electron chi connectivity index (χ4n) is 2.15. The van der Waals surface area contributed by atoms with Crippen LogP contribution in [-0.2, 0) is 6.18 Å². The average Bonchev–Trinajstić information content (AvgIpc) is 2.56. The summed E-state index contributed by atoms with van der Waals surface area (Å²) in [5.41, 5.74) is -0.264. The minimum atomic E-state index is -4.43. The standard InChI is InChI=1S/C17H9BrClF4N3/c18-11-5-6-13(12(20)7-11)24-15-8-14(19)25-16(26-15)9-1-3-10(4-2-9)17(21,22)23/h1-8H,(H,24,25,26). The van der Waals surface area contributed by atoms with Gasteiger partial charge in [-0.05, 0) is 30.3 Å². The Balaban J connectivity index is 1.92. The number of aromatic nitrogens is 2. The molecule has 3 nitrogen and oxygen atoms in total. The first-order valence-electron chi connectivity index (χ1n) is 7.17. The summed E-state index contributed by atoms with van der Waals surface area (Å²) in [6.45, 7) is 0. The van der Waals surface area contributed by atoms with Crippen molar-refractivity contribution in [3.63, 3.8) is 0 Å². The summed E-state index contributed by atoms with van der Waals surface area (Å²) in [7, 11) is 0. The van der Waals surface area contributed by atoms with E-state index in [4.69, 9.17) is 11.6 Å². The highest BCUT2D eigenvalue weighted by molar-refractivity contribution is 9.10. The number of rotatable bonds is 3. The average molecular weight is 447 g/mol. The second kappa shape index (κ2) is 7.20. The van der Waals surface area contributed by atoms with Gasteiger partial charge in [-0.15, -0.1) is 0 Å². The molecular weight excluding hydrogens is 438 g/mol. The minimum absolute atomic E-state index is 0.0647. The molecule has 1 N–H and O–H groups in total. The molecule has 134 valence electrons. The van der Waals surface area contributed by atoms with E-state index in [9.17, 15) is 17.6 Å². The van der Waals surface area contributed by atoms with Gasteiger partial charge >= 0.3 is 6.18 Å². The molecule has 0 aliphatic heterocycles. The predicted molar refractivity (Wildman–Crippen MR) is 94.9 cm³/mol. The molecule has 0 radical (unpaired) electrons. The van der Waals surface area contributed by atoms with Crippen LogP contribution in [-0.4, -0.2) is 9.97 Å². The summed E-state index contributed by atoms with van der Waals surface area (Å²) in [5.74, 6) is -0.183. The second-order valence-corrected chi connectivity index (χ2v) is 6.53. The van der Waals surface area contributed by atoms with Crippen molar-refractivity contribution in [3.05, 3.63) is 69.5 Å². The van der Waals surface area contributed by atoms with Crippen LogP contribution >= 0.6 is 27.5 Å². The Morgan fingerprint density at radius 3 is 2.27 bits per heavy atom. The number of hydrogen-bond donors (Lipinski definition) is 1. The first kappa shape index (κ1) is 18.6. The van der Waals surface area contributed by atoms with Gasteiger partial charge in [0, 0.05) is 16.1 Å². The van der Waals surface area contributed by atoms with E-state index in [2.05, 4.69) is 31.2 Å². The van der Waals surface area contributed by atoms with Crippen molar-refractivity contribution in [3.8, 4) is 11.4 Å². The lowest BCUT2D eigenvalue weighted by atomic mass is 10.1. The van der Waals surface area contributed by atoms with Crippen LogP contribution in [0, 0.1) is 5.82 Å². The molecule has 3 rings (SSSR count). The van der Waals surface area contributed by atoms with Crippen LogP contribution < -0.4 is 5.32 Å². The third kappa shape index (κ3) is 4.31. The maximum atomic E-state index is 13.9. The fourth-order valence-corrected chi connectivity index (χ4v) is 2.66. The van der Waals surface area contributed by atoms with Gasteiger partial charge in [-0.3, -0.25) is 0 Å². The molecule has 0 aliphatic carbocycles. The first-order valence-corrected chi connectivity index (χ1v) is 8.34. The molecule has 0 fully saturated rings. The minimum Gasteiger partial charge on any atom is -0.338 e. The Hall–Kier alpha value is -2.19. The normalized spacial score (nSPS) is 11.5. The summed E-state index contributed by atoms with van der Waals surface area (Å²) in [6.07, 6.45) is -4.43. The van der Waals surface area contributed by atoms with Gasteiger partial charge in [-0.25, -0.2) is 14.4 Å². The van der Waals surface area contributed by atoms with Crippen LogP contribution in [0.5, 0.6) is 0 Å². The van der Waals surface area contributed by atoms with E-state index in [1.54, 1.807) is 6.07 Å². The number of alkyl halides is 3. The van der Waals surface area contributed by atoms with Gasteiger partial charge in [0.15, 0.2) is 5.82 Å². The summed E-state index contributed by atoms with van der Waals surface area (Å²) < 4.78 is 52.5. The zero-order valence-electron chi connectivity index (χ0n) is 12.8. The van der Waals surface area contributed by atoms with Gasteiger partial charge in [0.25, 0.3) is 0 Å². The smallest absolute Gasteiger partial charge is 0.338 e. The van der Waals surface area contributed by atoms with Crippen LogP contribution in [0.4, 0.5) is 29.1 Å². The molecule has 26 heavy (non-hydrogen) atoms. The van der Waals surface area contributed by atoms with Crippen LogP contribution in [0.25, 0.3) is 11.4 Å². The van der Waals surface area contributed by atoms with Crippen LogP contribution in [0.2, 0.25) is 5.15 Å². The van der Waals surface area contributed by atoms with Gasteiger partial charge in [0.05, 0.1) is 11.3 Å². The highest BCUT2D eigenvalue weighted by Crippen LogP contribution is 2.31. The molecule has 0 bridgehead atoms. The number of nitrogens with zero attached hydrogens (tertiary/aromatic N) is 2. The lowest BCUT2D eigenvalue weighted by Crippen LogP contribution is -2.04. The van der Waals surface area contributed by atoms with Crippen molar-refractivity contribution in [1.82, 2.24) is 9.97 Å². The molecule has 0 amide bonds. The molecule has 2 aromatic carbocycles. The SMILES string of the molecule is Fc1cc(Br)ccc1Nc1cc(Cl)nc(-c2ccc(C(F)(F)F)cc2)n1. The molecule has 3 aromatic rings. The van der Waals surface area contributed by atoms with Crippen molar-refractivity contribution in [2.45, 2.75) is 6.18 Å². The van der Waals surface area contributed by atoms with E-state index in [-0.39, 0.29) is 22.5 Å². The number of anilines is 2. The molecule has 0 saturated heterocycles. The number of nitrogens with one attached hydrogen (secondary N) is 1. The molecule has 0 spiro atoms. The highest BCUT2D eigenvalue weighted by Gasteiger charge is 2.30. The van der Waals surface area contributed by atoms with Gasteiger partial charge in [0.1, 0.15) is 16.8 Å². The van der Waals surface area contributed by atoms with E-state index in [0.717, 1.165) is 12.1 Å². The van der Waals surface area contributed by atoms with E-state index in [1.165, 1.54) is 30.3 Å². The molecule has 0 aliphatic rings. The first-order chi connectivity index (χ1) is 12.2. The van der Waals surface area contributed by atoms with Crippen LogP contribution in [0.1, 0.15) is 5.56 Å². The van der Waals surface area contributed by atoms with Crippen molar-refractivity contribution in [1.29, 1.82) is 0 Å². The van der Waals surface area contributed by atoms with E-state index < -0.39 is 17.6 Å². The quantitative estimate of drug-likeness (QED) is 0.370. The molecule has 1 heterocycles. The Morgan fingerprint density at radius 2 is 1.65 bits per heavy atom. The Labute approximate surface area is 159 Å². The maximum Gasteiger partial charge on any atom is 0.416 e. The monoisotopic (exact) mass is 445 g/mol. The zero-order chi connectivity index (χ0) is 18.9. The lowest BCUT2D eigenvalue weighted by molar-refractivity contribution is -0.137. The van der Waals surface area contributed by atoms with Gasteiger partial charge in [0.2, 0.25) is 0 Å². The lowest BCUT2D eigenvalue weighted by Gasteiger charge is -2.10. The molecule has 0 unspecified atom stereocenters. The molecule has 0 saturated carbocycles. The second-order valence-electron chi connectivity index (χ2n) is 5.22. The third-order valence-corrected chi connectivity index (χ3v) is 4.05. The van der Waals surface area contributed by atoms with Gasteiger partial charge in [-0.1, -0.05) is 39.7 Å². The Bertz CT molecular complexity index is 946. The highest BCUT2D eigenvalue weighted by atomic mass is 79.9. The van der Waals surface area contributed by atoms with E-state index in [1.807, 2.05) is 0 Å². The summed E-state index contributed by atoms with van der Waals surface area (Å²) in [5, 5.41) is 2.84. The summed E-state index contributed by atoms with van der Waals surface area (Å²) in [4.78, 5) is 8.19. The van der Waals surface area contributed by atoms with Gasteiger partial charge in [-0.2, -0.15) is 13.2 Å². The van der Waals surface area contributed by atoms with Crippen molar-refractivity contribution in [2.24, 2.45) is 0 Å². The summed E-state index contributed by atoms with van der Waals surface area (Å²) >= 11 is 9.12. The van der Waals surface area contributed by atoms with Crippen LogP contribution in [0.3, 0.4) is 0 Å². The Morgan fingerprint density at radius 1 is 0.962 bits per heavy atom. The van der Waals surface area contributed by atoms with Crippen molar-refractivity contribution < 1.29 is 17.6 Å². The largest absolute Gasteiger partial charge is 0.416 e. The van der Waals surface area contributed by atoms with Gasteiger partial charge < -0.3 is 5.32 Å². The number of hydrogen-bond acceptors (Lipinski definition) is 3. The molecule has 0 atom stereocenters. The maximum absolute atomic E-state index is 13.9. The third-order valence-electron chi connectivity index (χ3n) is 3.36. The zero-order valence-corrected chi connectivity index (χ0v) is 15.1. The number of benzene rings is 2. The summed E-state index contributed by atoms with van der Waals surface area (Å²) in [6, 6.07) is 10.2. The van der Waals surface area contributed by atoms with Crippen LogP contribution in [0.15, 0.2) is 53.0 Å². The molecule has 9 heteroatoms.